The highest BCUT2D eigenvalue weighted by atomic mass is 15.2. The number of nitrogens with zero attached hydrogens (tertiary/aromatic N) is 4. The number of imidazole rings is 1. The van der Waals surface area contributed by atoms with Gasteiger partial charge < -0.3 is 0 Å². The maximum atomic E-state index is 4.81. The fourth-order valence-electron chi connectivity index (χ4n) is 2.93. The van der Waals surface area contributed by atoms with Crippen LogP contribution in [0.5, 0.6) is 0 Å². The molecule has 0 unspecified atom stereocenters. The van der Waals surface area contributed by atoms with E-state index in [1.807, 2.05) is 41.8 Å². The van der Waals surface area contributed by atoms with Gasteiger partial charge in [0.25, 0.3) is 0 Å². The zero-order valence-corrected chi connectivity index (χ0v) is 15.1. The summed E-state index contributed by atoms with van der Waals surface area (Å²) in [4.78, 5) is 4.81. The average Bonchev–Trinajstić information content (AvgIpc) is 2.98. The number of benzene rings is 2. The van der Waals surface area contributed by atoms with Crippen LogP contribution in [0.2, 0.25) is 0 Å². The van der Waals surface area contributed by atoms with E-state index in [2.05, 4.69) is 60.5 Å². The molecule has 0 atom stereocenters. The molecule has 2 aromatic heterocycles. The van der Waals surface area contributed by atoms with Gasteiger partial charge in [-0.1, -0.05) is 42.0 Å². The molecule has 4 nitrogen and oxygen atoms in total. The minimum absolute atomic E-state index is 0.741. The van der Waals surface area contributed by atoms with E-state index in [1.165, 1.54) is 11.1 Å². The second-order valence-electron chi connectivity index (χ2n) is 6.62. The van der Waals surface area contributed by atoms with Crippen molar-refractivity contribution >= 4 is 17.2 Å². The Bertz CT molecular complexity index is 1100. The van der Waals surface area contributed by atoms with Crippen molar-refractivity contribution in [2.75, 3.05) is 0 Å². The van der Waals surface area contributed by atoms with E-state index in [1.54, 1.807) is 0 Å². The fourth-order valence-corrected chi connectivity index (χ4v) is 2.93. The topological polar surface area (TPSA) is 42.0 Å². The highest BCUT2D eigenvalue weighted by molar-refractivity contribution is 5.74. The predicted octanol–water partition coefficient (Wildman–Crippen LogP) is 6.34. The molecule has 0 aliphatic carbocycles. The molecule has 0 radical (unpaired) electrons. The van der Waals surface area contributed by atoms with E-state index in [-0.39, 0.29) is 0 Å². The second kappa shape index (κ2) is 6.56. The van der Waals surface area contributed by atoms with E-state index in [4.69, 9.17) is 4.98 Å². The molecule has 0 bridgehead atoms. The summed E-state index contributed by atoms with van der Waals surface area (Å²) < 4.78 is 1.99. The van der Waals surface area contributed by atoms with Crippen molar-refractivity contribution in [2.45, 2.75) is 20.8 Å². The van der Waals surface area contributed by atoms with Crippen LogP contribution in [0.1, 0.15) is 16.7 Å². The summed E-state index contributed by atoms with van der Waals surface area (Å²) in [6.45, 7) is 6.19. The molecule has 4 rings (SSSR count). The van der Waals surface area contributed by atoms with E-state index in [9.17, 15) is 0 Å². The predicted molar refractivity (Wildman–Crippen MR) is 105 cm³/mol. The van der Waals surface area contributed by atoms with Gasteiger partial charge in [0.15, 0.2) is 5.82 Å². The number of rotatable bonds is 3. The molecular weight excluding hydrogens is 320 g/mol. The van der Waals surface area contributed by atoms with Crippen LogP contribution in [0.25, 0.3) is 16.9 Å². The summed E-state index contributed by atoms with van der Waals surface area (Å²) in [5, 5.41) is 9.01. The Hall–Kier alpha value is -3.27. The lowest BCUT2D eigenvalue weighted by Crippen LogP contribution is -1.84. The van der Waals surface area contributed by atoms with E-state index < -0.39 is 0 Å². The molecule has 26 heavy (non-hydrogen) atoms. The number of fused-ring (bicyclic) bond motifs is 1. The van der Waals surface area contributed by atoms with E-state index in [0.717, 1.165) is 34.0 Å². The molecule has 0 saturated carbocycles. The molecule has 0 aliphatic heterocycles. The summed E-state index contributed by atoms with van der Waals surface area (Å²) in [5.74, 6) is 0.741. The van der Waals surface area contributed by atoms with Gasteiger partial charge in [0.05, 0.1) is 5.69 Å². The normalized spacial score (nSPS) is 11.5. The number of hydrogen-bond acceptors (Lipinski definition) is 3. The highest BCUT2D eigenvalue weighted by Crippen LogP contribution is 2.32. The van der Waals surface area contributed by atoms with Gasteiger partial charge in [-0.05, 0) is 56.2 Å². The van der Waals surface area contributed by atoms with Crippen molar-refractivity contribution in [3.05, 3.63) is 83.6 Å². The molecule has 4 heteroatoms. The number of hydrogen-bond donors (Lipinski definition) is 0. The molecule has 0 spiro atoms. The van der Waals surface area contributed by atoms with Crippen LogP contribution in [0.15, 0.2) is 77.1 Å². The Labute approximate surface area is 152 Å². The SMILES string of the molecule is Cc1ccc(-c2nc3cc(C)ccn3c2N=Nc2cccc(C)c2)cc1. The van der Waals surface area contributed by atoms with Gasteiger partial charge in [0.2, 0.25) is 0 Å². The lowest BCUT2D eigenvalue weighted by atomic mass is 10.1. The zero-order chi connectivity index (χ0) is 18.1. The molecule has 2 heterocycles. The first-order valence-electron chi connectivity index (χ1n) is 8.64. The van der Waals surface area contributed by atoms with Gasteiger partial charge in [0.1, 0.15) is 11.3 Å². The lowest BCUT2D eigenvalue weighted by Gasteiger charge is -2.01. The van der Waals surface area contributed by atoms with Crippen molar-refractivity contribution in [1.29, 1.82) is 0 Å². The highest BCUT2D eigenvalue weighted by Gasteiger charge is 2.14. The van der Waals surface area contributed by atoms with Crippen LogP contribution in [-0.4, -0.2) is 9.38 Å². The van der Waals surface area contributed by atoms with Crippen LogP contribution in [0.3, 0.4) is 0 Å². The Morgan fingerprint density at radius 1 is 0.769 bits per heavy atom. The van der Waals surface area contributed by atoms with Crippen LogP contribution in [0.4, 0.5) is 11.5 Å². The first kappa shape index (κ1) is 16.2. The third kappa shape index (κ3) is 3.14. The van der Waals surface area contributed by atoms with Gasteiger partial charge in [-0.3, -0.25) is 4.40 Å². The number of aromatic nitrogens is 2. The Morgan fingerprint density at radius 2 is 1.54 bits per heavy atom. The molecule has 0 N–H and O–H groups in total. The molecule has 4 aromatic rings. The average molecular weight is 340 g/mol. The van der Waals surface area contributed by atoms with Gasteiger partial charge >= 0.3 is 0 Å². The standard InChI is InChI=1S/C22H20N4/c1-15-7-9-18(10-8-15)21-22(25-24-19-6-4-5-16(2)13-19)26-12-11-17(3)14-20(26)23-21/h4-14H,1-3H3. The maximum absolute atomic E-state index is 4.81. The largest absolute Gasteiger partial charge is 0.283 e. The minimum atomic E-state index is 0.741. The van der Waals surface area contributed by atoms with Crippen molar-refractivity contribution in [2.24, 2.45) is 10.2 Å². The molecular formula is C22H20N4. The Morgan fingerprint density at radius 3 is 2.31 bits per heavy atom. The monoisotopic (exact) mass is 340 g/mol. The fraction of sp³-hybridized carbons (Fsp3) is 0.136. The first-order valence-corrected chi connectivity index (χ1v) is 8.64. The zero-order valence-electron chi connectivity index (χ0n) is 15.1. The van der Waals surface area contributed by atoms with Crippen molar-refractivity contribution in [3.8, 4) is 11.3 Å². The Balaban J connectivity index is 1.88. The molecule has 0 aliphatic rings. The lowest BCUT2D eigenvalue weighted by molar-refractivity contribution is 1.10. The second-order valence-corrected chi connectivity index (χ2v) is 6.62. The van der Waals surface area contributed by atoms with Gasteiger partial charge in [-0.15, -0.1) is 10.2 Å². The van der Waals surface area contributed by atoms with Crippen LogP contribution < -0.4 is 0 Å². The summed E-state index contributed by atoms with van der Waals surface area (Å²) in [7, 11) is 0. The summed E-state index contributed by atoms with van der Waals surface area (Å²) in [6.07, 6.45) is 2.00. The minimum Gasteiger partial charge on any atom is -0.283 e. The van der Waals surface area contributed by atoms with Gasteiger partial charge in [-0.25, -0.2) is 4.98 Å². The van der Waals surface area contributed by atoms with Crippen molar-refractivity contribution in [1.82, 2.24) is 9.38 Å². The summed E-state index contributed by atoms with van der Waals surface area (Å²) in [6, 6.07) is 20.5. The van der Waals surface area contributed by atoms with E-state index in [0.29, 0.717) is 0 Å². The van der Waals surface area contributed by atoms with Gasteiger partial charge in [-0.2, -0.15) is 0 Å². The van der Waals surface area contributed by atoms with Gasteiger partial charge in [0, 0.05) is 11.8 Å². The molecule has 128 valence electrons. The van der Waals surface area contributed by atoms with Crippen LogP contribution in [-0.2, 0) is 0 Å². The van der Waals surface area contributed by atoms with Crippen LogP contribution >= 0.6 is 0 Å². The Kier molecular flexibility index (Phi) is 4.09. The number of aryl methyl sites for hydroxylation is 3. The summed E-state index contributed by atoms with van der Waals surface area (Å²) >= 11 is 0. The molecule has 0 saturated heterocycles. The van der Waals surface area contributed by atoms with Crippen molar-refractivity contribution in [3.63, 3.8) is 0 Å². The van der Waals surface area contributed by atoms with E-state index >= 15 is 0 Å². The first-order chi connectivity index (χ1) is 12.6. The third-order valence-corrected chi connectivity index (χ3v) is 4.34. The van der Waals surface area contributed by atoms with Crippen molar-refractivity contribution < 1.29 is 0 Å². The molecule has 2 aromatic carbocycles. The summed E-state index contributed by atoms with van der Waals surface area (Å²) in [5.41, 5.74) is 7.13. The number of azo groups is 1. The quantitative estimate of drug-likeness (QED) is 0.401. The maximum Gasteiger partial charge on any atom is 0.187 e. The van der Waals surface area contributed by atoms with Crippen LogP contribution in [0, 0.1) is 20.8 Å². The molecule has 0 fully saturated rings. The molecule has 0 amide bonds. The smallest absolute Gasteiger partial charge is 0.187 e. The number of pyridine rings is 1. The third-order valence-electron chi connectivity index (χ3n) is 4.34.